The smallest absolute Gasteiger partial charge is 0.0444 e. The molecule has 1 N–H and O–H groups in total. The molecule has 1 fully saturated rings. The maximum atomic E-state index is 3.53. The Labute approximate surface area is 87.7 Å². The molecule has 0 aromatic heterocycles. The van der Waals surface area contributed by atoms with E-state index >= 15 is 0 Å². The SMILES string of the molecule is CCC1(c2cccc(Br)c2)CCN1. The third-order valence-electron chi connectivity index (χ3n) is 3.00. The Morgan fingerprint density at radius 1 is 1.54 bits per heavy atom. The molecular weight excluding hydrogens is 226 g/mol. The highest BCUT2D eigenvalue weighted by Crippen LogP contribution is 2.35. The lowest BCUT2D eigenvalue weighted by molar-refractivity contribution is 0.201. The van der Waals surface area contributed by atoms with E-state index in [9.17, 15) is 0 Å². The van der Waals surface area contributed by atoms with Gasteiger partial charge in [0.1, 0.15) is 0 Å². The van der Waals surface area contributed by atoms with Gasteiger partial charge in [-0.25, -0.2) is 0 Å². The molecule has 1 unspecified atom stereocenters. The zero-order valence-corrected chi connectivity index (χ0v) is 9.39. The van der Waals surface area contributed by atoms with Crippen molar-refractivity contribution in [1.82, 2.24) is 5.32 Å². The summed E-state index contributed by atoms with van der Waals surface area (Å²) in [7, 11) is 0. The molecule has 1 heterocycles. The van der Waals surface area contributed by atoms with E-state index in [1.807, 2.05) is 0 Å². The Balaban J connectivity index is 2.33. The minimum atomic E-state index is 0.268. The zero-order chi connectivity index (χ0) is 9.31. The first-order chi connectivity index (χ1) is 6.27. The highest BCUT2D eigenvalue weighted by atomic mass is 79.9. The van der Waals surface area contributed by atoms with E-state index < -0.39 is 0 Å². The lowest BCUT2D eigenvalue weighted by Crippen LogP contribution is -2.53. The second kappa shape index (κ2) is 3.43. The molecule has 0 amide bonds. The number of benzene rings is 1. The van der Waals surface area contributed by atoms with Crippen molar-refractivity contribution in [3.05, 3.63) is 34.3 Å². The monoisotopic (exact) mass is 239 g/mol. The van der Waals surface area contributed by atoms with Crippen LogP contribution in [-0.4, -0.2) is 6.54 Å². The van der Waals surface area contributed by atoms with Crippen molar-refractivity contribution in [2.75, 3.05) is 6.54 Å². The van der Waals surface area contributed by atoms with Gasteiger partial charge in [0.05, 0.1) is 0 Å². The summed E-state index contributed by atoms with van der Waals surface area (Å²) in [6.07, 6.45) is 2.43. The normalized spacial score (nSPS) is 26.9. The summed E-state index contributed by atoms with van der Waals surface area (Å²) in [6.45, 7) is 3.40. The molecule has 1 atom stereocenters. The molecule has 1 aromatic rings. The largest absolute Gasteiger partial charge is 0.307 e. The maximum absolute atomic E-state index is 3.53. The Kier molecular flexibility index (Phi) is 2.43. The van der Waals surface area contributed by atoms with Gasteiger partial charge >= 0.3 is 0 Å². The first kappa shape index (κ1) is 9.22. The Morgan fingerprint density at radius 3 is 2.77 bits per heavy atom. The average molecular weight is 240 g/mol. The minimum absolute atomic E-state index is 0.268. The molecule has 1 nitrogen and oxygen atoms in total. The van der Waals surface area contributed by atoms with Crippen LogP contribution < -0.4 is 5.32 Å². The van der Waals surface area contributed by atoms with Crippen LogP contribution in [-0.2, 0) is 5.54 Å². The lowest BCUT2D eigenvalue weighted by Gasteiger charge is -2.43. The predicted molar refractivity (Wildman–Crippen MR) is 58.7 cm³/mol. The number of halogens is 1. The molecule has 13 heavy (non-hydrogen) atoms. The average Bonchev–Trinajstić information content (AvgIpc) is 2.03. The van der Waals surface area contributed by atoms with Crippen molar-refractivity contribution in [3.8, 4) is 0 Å². The molecule has 70 valence electrons. The van der Waals surface area contributed by atoms with Crippen LogP contribution in [0.25, 0.3) is 0 Å². The second-order valence-corrected chi connectivity index (χ2v) is 4.54. The number of nitrogens with one attached hydrogen (secondary N) is 1. The highest BCUT2D eigenvalue weighted by molar-refractivity contribution is 9.10. The zero-order valence-electron chi connectivity index (χ0n) is 7.81. The molecule has 1 aliphatic rings. The van der Waals surface area contributed by atoms with Gasteiger partial charge in [-0.2, -0.15) is 0 Å². The Hall–Kier alpha value is -0.340. The van der Waals surface area contributed by atoms with Gasteiger partial charge in [-0.15, -0.1) is 0 Å². The van der Waals surface area contributed by atoms with E-state index in [-0.39, 0.29) is 5.54 Å². The fourth-order valence-electron chi connectivity index (χ4n) is 1.97. The molecule has 1 aliphatic heterocycles. The van der Waals surface area contributed by atoms with E-state index in [1.165, 1.54) is 22.9 Å². The summed E-state index contributed by atoms with van der Waals surface area (Å²) in [5.41, 5.74) is 1.68. The molecule has 0 saturated carbocycles. The quantitative estimate of drug-likeness (QED) is 0.837. The van der Waals surface area contributed by atoms with Crippen molar-refractivity contribution < 1.29 is 0 Å². The van der Waals surface area contributed by atoms with Gasteiger partial charge in [-0.05, 0) is 37.1 Å². The fourth-order valence-corrected chi connectivity index (χ4v) is 2.36. The lowest BCUT2D eigenvalue weighted by atomic mass is 9.79. The molecule has 0 aliphatic carbocycles. The molecule has 0 radical (unpaired) electrons. The van der Waals surface area contributed by atoms with Crippen molar-refractivity contribution in [2.45, 2.75) is 25.3 Å². The summed E-state index contributed by atoms with van der Waals surface area (Å²) in [5, 5.41) is 3.53. The van der Waals surface area contributed by atoms with Crippen molar-refractivity contribution >= 4 is 15.9 Å². The van der Waals surface area contributed by atoms with Gasteiger partial charge in [0.15, 0.2) is 0 Å². The molecule has 0 spiro atoms. The van der Waals surface area contributed by atoms with E-state index in [1.54, 1.807) is 0 Å². The summed E-state index contributed by atoms with van der Waals surface area (Å²) in [5.74, 6) is 0. The van der Waals surface area contributed by atoms with Gasteiger partial charge < -0.3 is 5.32 Å². The standard InChI is InChI=1S/C11H14BrN/c1-2-11(6-7-13-11)9-4-3-5-10(12)8-9/h3-5,8,13H,2,6-7H2,1H3. The molecule has 1 aromatic carbocycles. The molecular formula is C11H14BrN. The van der Waals surface area contributed by atoms with Crippen LogP contribution >= 0.6 is 15.9 Å². The molecule has 1 saturated heterocycles. The van der Waals surface area contributed by atoms with Crippen LogP contribution in [0.3, 0.4) is 0 Å². The first-order valence-corrected chi connectivity index (χ1v) is 5.57. The Bertz CT molecular complexity index is 299. The van der Waals surface area contributed by atoms with Gasteiger partial charge in [0.2, 0.25) is 0 Å². The molecule has 2 heteroatoms. The van der Waals surface area contributed by atoms with Gasteiger partial charge in [0, 0.05) is 10.0 Å². The van der Waals surface area contributed by atoms with E-state index in [2.05, 4.69) is 52.4 Å². The van der Waals surface area contributed by atoms with E-state index in [0.717, 1.165) is 6.54 Å². The third kappa shape index (κ3) is 1.53. The minimum Gasteiger partial charge on any atom is -0.307 e. The van der Waals surface area contributed by atoms with Gasteiger partial charge in [-0.3, -0.25) is 0 Å². The van der Waals surface area contributed by atoms with Crippen LogP contribution in [0, 0.1) is 0 Å². The summed E-state index contributed by atoms with van der Waals surface area (Å²) < 4.78 is 1.17. The number of rotatable bonds is 2. The number of hydrogen-bond acceptors (Lipinski definition) is 1. The Morgan fingerprint density at radius 2 is 2.31 bits per heavy atom. The van der Waals surface area contributed by atoms with Gasteiger partial charge in [-0.1, -0.05) is 35.0 Å². The van der Waals surface area contributed by atoms with Crippen LogP contribution in [0.5, 0.6) is 0 Å². The maximum Gasteiger partial charge on any atom is 0.0444 e. The second-order valence-electron chi connectivity index (χ2n) is 3.62. The van der Waals surface area contributed by atoms with Crippen LogP contribution in [0.2, 0.25) is 0 Å². The van der Waals surface area contributed by atoms with Crippen LogP contribution in [0.4, 0.5) is 0 Å². The van der Waals surface area contributed by atoms with Crippen LogP contribution in [0.15, 0.2) is 28.7 Å². The van der Waals surface area contributed by atoms with Crippen LogP contribution in [0.1, 0.15) is 25.3 Å². The van der Waals surface area contributed by atoms with Gasteiger partial charge in [0.25, 0.3) is 0 Å². The topological polar surface area (TPSA) is 12.0 Å². The predicted octanol–water partition coefficient (Wildman–Crippen LogP) is 3.05. The first-order valence-electron chi connectivity index (χ1n) is 4.78. The summed E-state index contributed by atoms with van der Waals surface area (Å²) >= 11 is 3.51. The van der Waals surface area contributed by atoms with Crippen molar-refractivity contribution in [2.24, 2.45) is 0 Å². The fraction of sp³-hybridized carbons (Fsp3) is 0.455. The van der Waals surface area contributed by atoms with E-state index in [0.29, 0.717) is 0 Å². The summed E-state index contributed by atoms with van der Waals surface area (Å²) in [4.78, 5) is 0. The highest BCUT2D eigenvalue weighted by Gasteiger charge is 2.35. The molecule has 0 bridgehead atoms. The van der Waals surface area contributed by atoms with E-state index in [4.69, 9.17) is 0 Å². The summed E-state index contributed by atoms with van der Waals surface area (Å²) in [6, 6.07) is 8.61. The number of hydrogen-bond donors (Lipinski definition) is 1. The van der Waals surface area contributed by atoms with Crippen molar-refractivity contribution in [3.63, 3.8) is 0 Å². The van der Waals surface area contributed by atoms with Crippen molar-refractivity contribution in [1.29, 1.82) is 0 Å². The third-order valence-corrected chi connectivity index (χ3v) is 3.49. The molecule has 2 rings (SSSR count).